The lowest BCUT2D eigenvalue weighted by Gasteiger charge is -2.21. The summed E-state index contributed by atoms with van der Waals surface area (Å²) in [6.07, 6.45) is 0.750. The van der Waals surface area contributed by atoms with Gasteiger partial charge in [-0.05, 0) is 38.2 Å². The van der Waals surface area contributed by atoms with Crippen LogP contribution in [0.15, 0.2) is 48.5 Å². The lowest BCUT2D eigenvalue weighted by Crippen LogP contribution is -2.16. The summed E-state index contributed by atoms with van der Waals surface area (Å²) in [5.74, 6) is 0.373. The fourth-order valence-electron chi connectivity index (χ4n) is 2.11. The smallest absolute Gasteiger partial charge is 0.129 e. The molecule has 0 fully saturated rings. The minimum absolute atomic E-state index is 0.0795. The molecule has 0 saturated heterocycles. The standard InChI is InChI=1S/C17H20FNO/c1-13-15(18)9-6-10-16(13)20-17(11-12-19-2)14-7-4-3-5-8-14/h3-10,17,19H,11-12H2,1-2H3/t17-/m1/s1. The van der Waals surface area contributed by atoms with Gasteiger partial charge in [0.2, 0.25) is 0 Å². The van der Waals surface area contributed by atoms with E-state index < -0.39 is 0 Å². The maximum Gasteiger partial charge on any atom is 0.129 e. The second-order valence-electron chi connectivity index (χ2n) is 4.77. The average Bonchev–Trinajstić information content (AvgIpc) is 2.48. The minimum Gasteiger partial charge on any atom is -0.485 e. The highest BCUT2D eigenvalue weighted by Crippen LogP contribution is 2.28. The van der Waals surface area contributed by atoms with Crippen LogP contribution in [0.25, 0.3) is 0 Å². The summed E-state index contributed by atoms with van der Waals surface area (Å²) in [6, 6.07) is 15.0. The maximum absolute atomic E-state index is 13.6. The molecule has 0 unspecified atom stereocenters. The van der Waals surface area contributed by atoms with E-state index in [2.05, 4.69) is 5.32 Å². The van der Waals surface area contributed by atoms with Gasteiger partial charge < -0.3 is 10.1 Å². The van der Waals surface area contributed by atoms with Crippen LogP contribution in [0.2, 0.25) is 0 Å². The van der Waals surface area contributed by atoms with Crippen LogP contribution in [-0.4, -0.2) is 13.6 Å². The zero-order valence-corrected chi connectivity index (χ0v) is 11.9. The number of benzene rings is 2. The number of halogens is 1. The van der Waals surface area contributed by atoms with Gasteiger partial charge in [0.1, 0.15) is 17.7 Å². The van der Waals surface area contributed by atoms with Crippen LogP contribution in [0.5, 0.6) is 5.75 Å². The Morgan fingerprint density at radius 1 is 1.10 bits per heavy atom. The highest BCUT2D eigenvalue weighted by atomic mass is 19.1. The van der Waals surface area contributed by atoms with Crippen LogP contribution in [0.4, 0.5) is 4.39 Å². The number of nitrogens with one attached hydrogen (secondary N) is 1. The lowest BCUT2D eigenvalue weighted by molar-refractivity contribution is 0.192. The molecule has 2 rings (SSSR count). The minimum atomic E-state index is -0.233. The van der Waals surface area contributed by atoms with Gasteiger partial charge in [-0.25, -0.2) is 4.39 Å². The van der Waals surface area contributed by atoms with Crippen LogP contribution in [0, 0.1) is 12.7 Å². The van der Waals surface area contributed by atoms with Gasteiger partial charge in [0.15, 0.2) is 0 Å². The summed E-state index contributed by atoms with van der Waals surface area (Å²) >= 11 is 0. The van der Waals surface area contributed by atoms with Crippen molar-refractivity contribution in [2.45, 2.75) is 19.4 Å². The van der Waals surface area contributed by atoms with Gasteiger partial charge in [-0.15, -0.1) is 0 Å². The first-order valence-corrected chi connectivity index (χ1v) is 6.83. The molecule has 0 aromatic heterocycles. The molecule has 0 heterocycles. The highest BCUT2D eigenvalue weighted by Gasteiger charge is 2.15. The van der Waals surface area contributed by atoms with E-state index in [0.29, 0.717) is 11.3 Å². The molecule has 3 heteroatoms. The third kappa shape index (κ3) is 3.58. The largest absolute Gasteiger partial charge is 0.485 e. The molecule has 1 atom stereocenters. The zero-order valence-electron chi connectivity index (χ0n) is 11.9. The van der Waals surface area contributed by atoms with Gasteiger partial charge in [-0.3, -0.25) is 0 Å². The topological polar surface area (TPSA) is 21.3 Å². The van der Waals surface area contributed by atoms with Crippen molar-refractivity contribution in [2.24, 2.45) is 0 Å². The molecule has 0 aliphatic carbocycles. The van der Waals surface area contributed by atoms with Crippen molar-refractivity contribution in [3.05, 3.63) is 65.5 Å². The number of hydrogen-bond donors (Lipinski definition) is 1. The third-order valence-corrected chi connectivity index (χ3v) is 3.32. The third-order valence-electron chi connectivity index (χ3n) is 3.32. The normalized spacial score (nSPS) is 12.2. The Bertz CT molecular complexity index is 542. The number of ether oxygens (including phenoxy) is 1. The molecule has 0 aliphatic heterocycles. The van der Waals surface area contributed by atoms with Crippen molar-refractivity contribution in [1.29, 1.82) is 0 Å². The van der Waals surface area contributed by atoms with E-state index in [0.717, 1.165) is 18.5 Å². The van der Waals surface area contributed by atoms with E-state index in [1.54, 1.807) is 13.0 Å². The Morgan fingerprint density at radius 2 is 1.85 bits per heavy atom. The van der Waals surface area contributed by atoms with Crippen LogP contribution in [0.1, 0.15) is 23.7 Å². The average molecular weight is 273 g/mol. The molecule has 2 aromatic carbocycles. The molecule has 0 saturated carbocycles. The molecule has 0 amide bonds. The van der Waals surface area contributed by atoms with Crippen molar-refractivity contribution in [3.8, 4) is 5.75 Å². The maximum atomic E-state index is 13.6. The van der Waals surface area contributed by atoms with Gasteiger partial charge in [0.25, 0.3) is 0 Å². The van der Waals surface area contributed by atoms with Gasteiger partial charge in [-0.1, -0.05) is 36.4 Å². The molecular formula is C17H20FNO. The Labute approximate surface area is 119 Å². The summed E-state index contributed by atoms with van der Waals surface area (Å²) in [6.45, 7) is 2.58. The predicted molar refractivity (Wildman–Crippen MR) is 79.5 cm³/mol. The Hall–Kier alpha value is -1.87. The zero-order chi connectivity index (χ0) is 14.4. The number of hydrogen-bond acceptors (Lipinski definition) is 2. The molecule has 0 radical (unpaired) electrons. The van der Waals surface area contributed by atoms with E-state index in [1.165, 1.54) is 6.07 Å². The van der Waals surface area contributed by atoms with Crippen LogP contribution in [-0.2, 0) is 0 Å². The summed E-state index contributed by atoms with van der Waals surface area (Å²) in [7, 11) is 1.91. The summed E-state index contributed by atoms with van der Waals surface area (Å²) in [5.41, 5.74) is 1.66. The van der Waals surface area contributed by atoms with Crippen molar-refractivity contribution in [3.63, 3.8) is 0 Å². The fraction of sp³-hybridized carbons (Fsp3) is 0.294. The Kier molecular flexibility index (Phi) is 5.13. The number of rotatable bonds is 6. The van der Waals surface area contributed by atoms with Crippen molar-refractivity contribution >= 4 is 0 Å². The first-order chi connectivity index (χ1) is 9.72. The van der Waals surface area contributed by atoms with Crippen LogP contribution in [0.3, 0.4) is 0 Å². The van der Waals surface area contributed by atoms with Crippen LogP contribution < -0.4 is 10.1 Å². The second-order valence-corrected chi connectivity index (χ2v) is 4.77. The van der Waals surface area contributed by atoms with Gasteiger partial charge in [0.05, 0.1) is 0 Å². The van der Waals surface area contributed by atoms with Crippen molar-refractivity contribution in [2.75, 3.05) is 13.6 Å². The fourth-order valence-corrected chi connectivity index (χ4v) is 2.11. The second kappa shape index (κ2) is 7.06. The molecule has 1 N–H and O–H groups in total. The summed E-state index contributed by atoms with van der Waals surface area (Å²) in [4.78, 5) is 0. The quantitative estimate of drug-likeness (QED) is 0.862. The molecule has 0 spiro atoms. The Morgan fingerprint density at radius 3 is 2.55 bits per heavy atom. The SMILES string of the molecule is CNCC[C@@H](Oc1cccc(F)c1C)c1ccccc1. The van der Waals surface area contributed by atoms with Gasteiger partial charge in [0, 0.05) is 12.0 Å². The predicted octanol–water partition coefficient (Wildman–Crippen LogP) is 3.86. The van der Waals surface area contributed by atoms with E-state index in [1.807, 2.05) is 43.4 Å². The first kappa shape index (κ1) is 14.5. The van der Waals surface area contributed by atoms with Crippen LogP contribution >= 0.6 is 0 Å². The van der Waals surface area contributed by atoms with Gasteiger partial charge in [-0.2, -0.15) is 0 Å². The molecule has 106 valence electrons. The van der Waals surface area contributed by atoms with Crippen molar-refractivity contribution < 1.29 is 9.13 Å². The first-order valence-electron chi connectivity index (χ1n) is 6.83. The summed E-state index contributed by atoms with van der Waals surface area (Å²) < 4.78 is 19.6. The lowest BCUT2D eigenvalue weighted by atomic mass is 10.1. The molecular weight excluding hydrogens is 253 g/mol. The monoisotopic (exact) mass is 273 g/mol. The van der Waals surface area contributed by atoms with E-state index >= 15 is 0 Å². The molecule has 0 bridgehead atoms. The molecule has 2 aromatic rings. The molecule has 0 aliphatic rings. The summed E-state index contributed by atoms with van der Waals surface area (Å²) in [5, 5.41) is 3.13. The van der Waals surface area contributed by atoms with Gasteiger partial charge >= 0.3 is 0 Å². The van der Waals surface area contributed by atoms with E-state index in [-0.39, 0.29) is 11.9 Å². The van der Waals surface area contributed by atoms with E-state index in [9.17, 15) is 4.39 Å². The van der Waals surface area contributed by atoms with Crippen molar-refractivity contribution in [1.82, 2.24) is 5.32 Å². The Balaban J connectivity index is 2.21. The molecule has 20 heavy (non-hydrogen) atoms. The molecule has 2 nitrogen and oxygen atoms in total. The highest BCUT2D eigenvalue weighted by molar-refractivity contribution is 5.34. The van der Waals surface area contributed by atoms with E-state index in [4.69, 9.17) is 4.74 Å².